The molecule has 1 fully saturated rings. The highest BCUT2D eigenvalue weighted by atomic mass is 32.2. The number of carboxylic acid groups (broad SMARTS) is 1. The summed E-state index contributed by atoms with van der Waals surface area (Å²) in [5, 5.41) is 13.5. The van der Waals surface area contributed by atoms with Crippen molar-refractivity contribution >= 4 is 40.9 Å². The van der Waals surface area contributed by atoms with Crippen molar-refractivity contribution in [1.29, 1.82) is 0 Å². The first-order valence-corrected chi connectivity index (χ1v) is 10.4. The molecule has 9 nitrogen and oxygen atoms in total. The van der Waals surface area contributed by atoms with Crippen LogP contribution in [-0.4, -0.2) is 40.2 Å². The molecule has 0 aromatic heterocycles. The van der Waals surface area contributed by atoms with Crippen LogP contribution in [0.5, 0.6) is 11.5 Å². The zero-order valence-corrected chi connectivity index (χ0v) is 17.8. The van der Waals surface area contributed by atoms with Crippen LogP contribution < -0.4 is 21.1 Å². The number of thioether (sulfide) groups is 1. The van der Waals surface area contributed by atoms with Crippen molar-refractivity contribution in [1.82, 2.24) is 10.6 Å². The number of hydrogen-bond donors (Lipinski definition) is 4. The summed E-state index contributed by atoms with van der Waals surface area (Å²) in [4.78, 5) is 46.3. The summed E-state index contributed by atoms with van der Waals surface area (Å²) in [6, 6.07) is 11.9. The van der Waals surface area contributed by atoms with Gasteiger partial charge in [0.1, 0.15) is 17.5 Å². The molecule has 0 bridgehead atoms. The maximum absolute atomic E-state index is 11.7. The second-order valence-corrected chi connectivity index (χ2v) is 8.07. The van der Waals surface area contributed by atoms with Gasteiger partial charge < -0.3 is 20.9 Å². The summed E-state index contributed by atoms with van der Waals surface area (Å²) in [7, 11) is 0. The molecule has 32 heavy (non-hydrogen) atoms. The van der Waals surface area contributed by atoms with Gasteiger partial charge in [0, 0.05) is 6.42 Å². The third-order valence-electron chi connectivity index (χ3n) is 4.45. The largest absolute Gasteiger partial charge is 0.480 e. The van der Waals surface area contributed by atoms with Crippen LogP contribution in [0, 0.1) is 0 Å². The van der Waals surface area contributed by atoms with Gasteiger partial charge in [0.05, 0.1) is 10.9 Å². The molecule has 0 saturated carbocycles. The maximum atomic E-state index is 11.7. The van der Waals surface area contributed by atoms with Gasteiger partial charge in [-0.25, -0.2) is 4.79 Å². The molecule has 2 aromatic rings. The van der Waals surface area contributed by atoms with E-state index in [9.17, 15) is 24.3 Å². The number of benzene rings is 2. The van der Waals surface area contributed by atoms with E-state index in [4.69, 9.17) is 10.5 Å². The molecule has 2 atom stereocenters. The normalized spacial score (nSPS) is 16.4. The first-order valence-electron chi connectivity index (χ1n) is 9.62. The Balaban J connectivity index is 1.61. The van der Waals surface area contributed by atoms with Crippen LogP contribution in [0.1, 0.15) is 18.1 Å². The van der Waals surface area contributed by atoms with E-state index in [2.05, 4.69) is 10.6 Å². The molecule has 3 rings (SSSR count). The molecule has 0 spiro atoms. The zero-order valence-electron chi connectivity index (χ0n) is 17.0. The fourth-order valence-corrected chi connectivity index (χ4v) is 3.46. The highest BCUT2D eigenvalue weighted by Gasteiger charge is 2.25. The molecule has 166 valence electrons. The van der Waals surface area contributed by atoms with Gasteiger partial charge in [-0.1, -0.05) is 24.3 Å². The number of imide groups is 1. The van der Waals surface area contributed by atoms with Gasteiger partial charge in [0.2, 0.25) is 5.91 Å². The second-order valence-electron chi connectivity index (χ2n) is 7.06. The van der Waals surface area contributed by atoms with Crippen molar-refractivity contribution in [3.63, 3.8) is 0 Å². The molecule has 0 aliphatic carbocycles. The predicted molar refractivity (Wildman–Crippen MR) is 119 cm³/mol. The maximum Gasteiger partial charge on any atom is 0.326 e. The first kappa shape index (κ1) is 23.0. The fourth-order valence-electron chi connectivity index (χ4n) is 2.77. The summed E-state index contributed by atoms with van der Waals surface area (Å²) in [6.45, 7) is 1.48. The average molecular weight is 455 g/mol. The molecular weight excluding hydrogens is 434 g/mol. The van der Waals surface area contributed by atoms with Gasteiger partial charge >= 0.3 is 5.97 Å². The molecule has 1 aliphatic rings. The van der Waals surface area contributed by atoms with Crippen LogP contribution in [0.15, 0.2) is 53.4 Å². The van der Waals surface area contributed by atoms with Crippen molar-refractivity contribution in [3.05, 3.63) is 64.6 Å². The lowest BCUT2D eigenvalue weighted by molar-refractivity contribution is -0.141. The first-order chi connectivity index (χ1) is 15.2. The molecule has 1 heterocycles. The second kappa shape index (κ2) is 10.1. The SMILES string of the molecule is CC(N)C(=O)NC(Cc1ccc(Oc2ccc(C=C3SC(=O)NC3=O)cc2)cc1)C(=O)O. The molecule has 3 amide bonds. The Morgan fingerprint density at radius 1 is 1.12 bits per heavy atom. The van der Waals surface area contributed by atoms with Gasteiger partial charge in [-0.3, -0.25) is 19.7 Å². The van der Waals surface area contributed by atoms with Crippen LogP contribution in [0.25, 0.3) is 6.08 Å². The molecule has 1 aliphatic heterocycles. The number of aliphatic carboxylic acids is 1. The predicted octanol–water partition coefficient (Wildman–Crippen LogP) is 2.26. The summed E-state index contributed by atoms with van der Waals surface area (Å²) >= 11 is 0.851. The van der Waals surface area contributed by atoms with Crippen LogP contribution in [-0.2, 0) is 20.8 Å². The van der Waals surface area contributed by atoms with Crippen molar-refractivity contribution in [3.8, 4) is 11.5 Å². The van der Waals surface area contributed by atoms with Gasteiger partial charge in [-0.15, -0.1) is 0 Å². The van der Waals surface area contributed by atoms with Crippen molar-refractivity contribution in [2.45, 2.75) is 25.4 Å². The molecule has 10 heteroatoms. The van der Waals surface area contributed by atoms with Gasteiger partial charge in [-0.05, 0) is 60.2 Å². The lowest BCUT2D eigenvalue weighted by Crippen LogP contribution is -2.48. The number of carboxylic acids is 1. The van der Waals surface area contributed by atoms with E-state index < -0.39 is 35.1 Å². The van der Waals surface area contributed by atoms with Crippen LogP contribution in [0.3, 0.4) is 0 Å². The summed E-state index contributed by atoms with van der Waals surface area (Å²) < 4.78 is 5.78. The van der Waals surface area contributed by atoms with Gasteiger partial charge in [0.25, 0.3) is 11.1 Å². The lowest BCUT2D eigenvalue weighted by atomic mass is 10.1. The number of carbonyl (C=O) groups is 4. The molecule has 1 saturated heterocycles. The third-order valence-corrected chi connectivity index (χ3v) is 5.26. The minimum atomic E-state index is -1.15. The number of ether oxygens (including phenoxy) is 1. The van der Waals surface area contributed by atoms with Gasteiger partial charge in [-0.2, -0.15) is 0 Å². The van der Waals surface area contributed by atoms with Crippen molar-refractivity contribution in [2.24, 2.45) is 5.73 Å². The van der Waals surface area contributed by atoms with Crippen LogP contribution in [0.4, 0.5) is 4.79 Å². The van der Waals surface area contributed by atoms with E-state index in [0.29, 0.717) is 22.0 Å². The quantitative estimate of drug-likeness (QED) is 0.443. The molecule has 0 radical (unpaired) electrons. The number of rotatable bonds is 8. The minimum absolute atomic E-state index is 0.103. The fraction of sp³-hybridized carbons (Fsp3) is 0.182. The Kier molecular flexibility index (Phi) is 7.29. The Labute approximate surface area is 188 Å². The minimum Gasteiger partial charge on any atom is -0.480 e. The van der Waals surface area contributed by atoms with Gasteiger partial charge in [0.15, 0.2) is 0 Å². The van der Waals surface area contributed by atoms with Crippen LogP contribution in [0.2, 0.25) is 0 Å². The Bertz CT molecular complexity index is 1060. The Morgan fingerprint density at radius 2 is 1.72 bits per heavy atom. The van der Waals surface area contributed by atoms with Crippen molar-refractivity contribution in [2.75, 3.05) is 0 Å². The van der Waals surface area contributed by atoms with E-state index in [1.54, 1.807) is 54.6 Å². The molecular formula is C22H21N3O6S. The lowest BCUT2D eigenvalue weighted by Gasteiger charge is -2.16. The van der Waals surface area contributed by atoms with Crippen molar-refractivity contribution < 1.29 is 29.0 Å². The topological polar surface area (TPSA) is 148 Å². The number of hydrogen-bond acceptors (Lipinski definition) is 7. The van der Waals surface area contributed by atoms with E-state index in [1.807, 2.05) is 0 Å². The number of carbonyl (C=O) groups excluding carboxylic acids is 3. The Hall–Kier alpha value is -3.63. The zero-order chi connectivity index (χ0) is 23.3. The third kappa shape index (κ3) is 6.19. The van der Waals surface area contributed by atoms with E-state index >= 15 is 0 Å². The Morgan fingerprint density at radius 3 is 2.22 bits per heavy atom. The highest BCUT2D eigenvalue weighted by Crippen LogP contribution is 2.27. The highest BCUT2D eigenvalue weighted by molar-refractivity contribution is 8.18. The van der Waals surface area contributed by atoms with E-state index in [0.717, 1.165) is 17.3 Å². The summed E-state index contributed by atoms with van der Waals surface area (Å²) in [5.74, 6) is -0.986. The van der Waals surface area contributed by atoms with E-state index in [-0.39, 0.29) is 6.42 Å². The smallest absolute Gasteiger partial charge is 0.326 e. The number of nitrogens with two attached hydrogens (primary N) is 1. The summed E-state index contributed by atoms with van der Waals surface area (Å²) in [6.07, 6.45) is 1.72. The molecule has 2 unspecified atom stereocenters. The number of amides is 3. The summed E-state index contributed by atoms with van der Waals surface area (Å²) in [5.41, 5.74) is 6.93. The molecule has 5 N–H and O–H groups in total. The van der Waals surface area contributed by atoms with Crippen LogP contribution >= 0.6 is 11.8 Å². The molecule has 2 aromatic carbocycles. The monoisotopic (exact) mass is 455 g/mol. The average Bonchev–Trinajstić information content (AvgIpc) is 3.06. The van der Waals surface area contributed by atoms with E-state index in [1.165, 1.54) is 6.92 Å². The standard InChI is InChI=1S/C22H21N3O6S/c1-12(23)19(26)24-17(21(28)29)10-13-2-6-15(7-3-13)31-16-8-4-14(5-9-16)11-18-20(27)25-22(30)32-18/h2-9,11-12,17H,10,23H2,1H3,(H,24,26)(H,28,29)(H,25,27,30). The number of nitrogens with one attached hydrogen (secondary N) is 2.